The monoisotopic (exact) mass is 225 g/mol. The second kappa shape index (κ2) is 3.20. The van der Waals surface area contributed by atoms with Crippen LogP contribution in [-0.4, -0.2) is 4.92 Å². The zero-order valence-corrected chi connectivity index (χ0v) is 9.36. The van der Waals surface area contributed by atoms with Crippen molar-refractivity contribution >= 4 is 17.3 Å². The van der Waals surface area contributed by atoms with E-state index < -0.39 is 4.92 Å². The van der Waals surface area contributed by atoms with Gasteiger partial charge in [0.25, 0.3) is 5.69 Å². The third-order valence-corrected chi connectivity index (χ3v) is 4.39. The van der Waals surface area contributed by atoms with Crippen molar-refractivity contribution in [1.82, 2.24) is 0 Å². The molecule has 1 saturated carbocycles. The fourth-order valence-corrected chi connectivity index (χ4v) is 2.53. The van der Waals surface area contributed by atoms with E-state index in [4.69, 9.17) is 11.6 Å². The van der Waals surface area contributed by atoms with Crippen LogP contribution < -0.4 is 0 Å². The lowest BCUT2D eigenvalue weighted by molar-refractivity contribution is -0.384. The maximum absolute atomic E-state index is 10.5. The van der Waals surface area contributed by atoms with Crippen LogP contribution in [0.3, 0.4) is 0 Å². The Hall–Kier alpha value is -1.09. The summed E-state index contributed by atoms with van der Waals surface area (Å²) in [6, 6.07) is 6.53. The molecule has 0 saturated heterocycles. The summed E-state index contributed by atoms with van der Waals surface area (Å²) in [5.41, 5.74) is 1.09. The molecule has 0 amide bonds. The second-order valence-corrected chi connectivity index (χ2v) is 4.77. The summed E-state index contributed by atoms with van der Waals surface area (Å²) in [6.07, 6.45) is 0. The van der Waals surface area contributed by atoms with Crippen LogP contribution in [-0.2, 0) is 4.87 Å². The number of nitro benzene ring substituents is 1. The van der Waals surface area contributed by atoms with Gasteiger partial charge in [0, 0.05) is 12.1 Å². The third-order valence-electron chi connectivity index (χ3n) is 3.49. The van der Waals surface area contributed by atoms with Crippen molar-refractivity contribution in [3.05, 3.63) is 39.9 Å². The molecule has 3 atom stereocenters. The van der Waals surface area contributed by atoms with Crippen molar-refractivity contribution in [2.45, 2.75) is 18.7 Å². The number of nitrogens with zero attached hydrogens (tertiary/aromatic N) is 1. The number of hydrogen-bond acceptors (Lipinski definition) is 2. The van der Waals surface area contributed by atoms with Crippen molar-refractivity contribution < 1.29 is 4.92 Å². The first-order chi connectivity index (χ1) is 6.98. The van der Waals surface area contributed by atoms with Gasteiger partial charge >= 0.3 is 0 Å². The highest BCUT2D eigenvalue weighted by atomic mass is 35.5. The third kappa shape index (κ3) is 1.42. The number of non-ortho nitro benzene ring substituents is 1. The summed E-state index contributed by atoms with van der Waals surface area (Å²) < 4.78 is 0. The van der Waals surface area contributed by atoms with Crippen molar-refractivity contribution in [3.8, 4) is 0 Å². The van der Waals surface area contributed by atoms with Crippen LogP contribution >= 0.6 is 11.6 Å². The molecule has 0 heterocycles. The van der Waals surface area contributed by atoms with Crippen LogP contribution in [0.1, 0.15) is 19.4 Å². The maximum atomic E-state index is 10.5. The minimum absolute atomic E-state index is 0.111. The van der Waals surface area contributed by atoms with Gasteiger partial charge < -0.3 is 0 Å². The van der Waals surface area contributed by atoms with Crippen molar-refractivity contribution in [1.29, 1.82) is 0 Å². The largest absolute Gasteiger partial charge is 0.269 e. The Morgan fingerprint density at radius 1 is 1.27 bits per heavy atom. The average Bonchev–Trinajstić information content (AvgIpc) is 2.71. The molecular weight excluding hydrogens is 214 g/mol. The molecule has 0 aliphatic heterocycles. The van der Waals surface area contributed by atoms with Gasteiger partial charge in [-0.05, 0) is 17.4 Å². The Kier molecular flexibility index (Phi) is 2.23. The number of rotatable bonds is 2. The van der Waals surface area contributed by atoms with Crippen LogP contribution in [0.15, 0.2) is 24.3 Å². The standard InChI is InChI=1S/C11H12ClNO2/c1-7-8(2)11(7,12)9-3-5-10(6-4-9)13(14)15/h3-8H,1-2H3/t7-,8+,11?. The molecule has 15 heavy (non-hydrogen) atoms. The number of halogens is 1. The molecule has 80 valence electrons. The van der Waals surface area contributed by atoms with Crippen LogP contribution in [0, 0.1) is 22.0 Å². The number of hydrogen-bond donors (Lipinski definition) is 0. The smallest absolute Gasteiger partial charge is 0.258 e. The lowest BCUT2D eigenvalue weighted by Gasteiger charge is -2.08. The molecule has 0 aromatic heterocycles. The molecule has 3 nitrogen and oxygen atoms in total. The zero-order valence-electron chi connectivity index (χ0n) is 8.61. The summed E-state index contributed by atoms with van der Waals surface area (Å²) in [7, 11) is 0. The normalized spacial score (nSPS) is 33.8. The SMILES string of the molecule is C[C@@H]1[C@H](C)C1(Cl)c1ccc([N+](=O)[O-])cc1. The van der Waals surface area contributed by atoms with Gasteiger partial charge in [-0.15, -0.1) is 11.6 Å². The van der Waals surface area contributed by atoms with Crippen molar-refractivity contribution in [2.75, 3.05) is 0 Å². The van der Waals surface area contributed by atoms with E-state index in [1.165, 1.54) is 12.1 Å². The van der Waals surface area contributed by atoms with E-state index in [1.807, 2.05) is 0 Å². The predicted molar refractivity (Wildman–Crippen MR) is 59.0 cm³/mol. The van der Waals surface area contributed by atoms with E-state index in [1.54, 1.807) is 12.1 Å². The van der Waals surface area contributed by atoms with Crippen LogP contribution in [0.25, 0.3) is 0 Å². The summed E-state index contributed by atoms with van der Waals surface area (Å²) >= 11 is 6.43. The van der Waals surface area contributed by atoms with Gasteiger partial charge in [0.1, 0.15) is 0 Å². The lowest BCUT2D eigenvalue weighted by atomic mass is 10.1. The average molecular weight is 226 g/mol. The van der Waals surface area contributed by atoms with Crippen LogP contribution in [0.2, 0.25) is 0 Å². The van der Waals surface area contributed by atoms with Gasteiger partial charge in [-0.3, -0.25) is 10.1 Å². The Bertz CT molecular complexity index is 394. The molecule has 0 bridgehead atoms. The molecule has 4 heteroatoms. The van der Waals surface area contributed by atoms with Gasteiger partial charge in [-0.1, -0.05) is 26.0 Å². The number of nitro groups is 1. The quantitative estimate of drug-likeness (QED) is 0.440. The van der Waals surface area contributed by atoms with Crippen LogP contribution in [0.5, 0.6) is 0 Å². The molecule has 1 unspecified atom stereocenters. The Morgan fingerprint density at radius 3 is 2.07 bits per heavy atom. The second-order valence-electron chi connectivity index (χ2n) is 4.15. The Balaban J connectivity index is 2.29. The first kappa shape index (κ1) is 10.4. The van der Waals surface area contributed by atoms with Gasteiger partial charge in [-0.25, -0.2) is 0 Å². The molecule has 1 aromatic rings. The highest BCUT2D eigenvalue weighted by molar-refractivity contribution is 6.26. The van der Waals surface area contributed by atoms with Crippen molar-refractivity contribution in [3.63, 3.8) is 0 Å². The zero-order chi connectivity index (χ0) is 11.2. The van der Waals surface area contributed by atoms with E-state index in [9.17, 15) is 10.1 Å². The summed E-state index contributed by atoms with van der Waals surface area (Å²) in [5.74, 6) is 0.862. The molecule has 2 rings (SSSR count). The molecule has 1 aromatic carbocycles. The van der Waals surface area contributed by atoms with Gasteiger partial charge in [0.05, 0.1) is 9.80 Å². The summed E-state index contributed by atoms with van der Waals surface area (Å²) in [5, 5.41) is 10.5. The summed E-state index contributed by atoms with van der Waals surface area (Å²) in [6.45, 7) is 4.19. The molecule has 0 spiro atoms. The molecule has 0 N–H and O–H groups in total. The highest BCUT2D eigenvalue weighted by Gasteiger charge is 2.59. The lowest BCUT2D eigenvalue weighted by Crippen LogP contribution is -2.01. The fourth-order valence-electron chi connectivity index (χ4n) is 2.09. The summed E-state index contributed by atoms with van der Waals surface area (Å²) in [4.78, 5) is 9.77. The molecule has 0 radical (unpaired) electrons. The molecular formula is C11H12ClNO2. The fraction of sp³-hybridized carbons (Fsp3) is 0.455. The van der Waals surface area contributed by atoms with Gasteiger partial charge in [-0.2, -0.15) is 0 Å². The topological polar surface area (TPSA) is 43.1 Å². The van der Waals surface area contributed by atoms with E-state index >= 15 is 0 Å². The van der Waals surface area contributed by atoms with Gasteiger partial charge in [0.2, 0.25) is 0 Å². The minimum Gasteiger partial charge on any atom is -0.258 e. The molecule has 1 fully saturated rings. The first-order valence-corrected chi connectivity index (χ1v) is 5.29. The van der Waals surface area contributed by atoms with Crippen LogP contribution in [0.4, 0.5) is 5.69 Å². The van der Waals surface area contributed by atoms with Gasteiger partial charge in [0.15, 0.2) is 0 Å². The first-order valence-electron chi connectivity index (χ1n) is 4.91. The van der Waals surface area contributed by atoms with E-state index in [0.29, 0.717) is 11.8 Å². The van der Waals surface area contributed by atoms with E-state index in [-0.39, 0.29) is 10.6 Å². The maximum Gasteiger partial charge on any atom is 0.269 e. The van der Waals surface area contributed by atoms with Crippen molar-refractivity contribution in [2.24, 2.45) is 11.8 Å². The number of alkyl halides is 1. The molecule has 1 aliphatic rings. The Labute approximate surface area is 93.2 Å². The highest BCUT2D eigenvalue weighted by Crippen LogP contribution is 2.62. The minimum atomic E-state index is -0.398. The number of benzene rings is 1. The van der Waals surface area contributed by atoms with E-state index in [2.05, 4.69) is 13.8 Å². The molecule has 1 aliphatic carbocycles. The van der Waals surface area contributed by atoms with E-state index in [0.717, 1.165) is 5.56 Å². The predicted octanol–water partition coefficient (Wildman–Crippen LogP) is 3.31. The Morgan fingerprint density at radius 2 is 1.73 bits per heavy atom.